The van der Waals surface area contributed by atoms with Crippen LogP contribution in [0.5, 0.6) is 0 Å². The highest BCUT2D eigenvalue weighted by molar-refractivity contribution is 5.94. The van der Waals surface area contributed by atoms with E-state index in [1.807, 2.05) is 0 Å². The molecular weight excluding hydrogens is 300 g/mol. The third-order valence-electron chi connectivity index (χ3n) is 2.70. The van der Waals surface area contributed by atoms with E-state index < -0.39 is 23.5 Å². The summed E-state index contributed by atoms with van der Waals surface area (Å²) >= 11 is 0. The quantitative estimate of drug-likeness (QED) is 0.525. The van der Waals surface area contributed by atoms with Gasteiger partial charge in [-0.05, 0) is 42.0 Å². The second kappa shape index (κ2) is 6.38. The summed E-state index contributed by atoms with van der Waals surface area (Å²) in [6.07, 6.45) is -3.35. The molecule has 0 unspecified atom stereocenters. The zero-order valence-corrected chi connectivity index (χ0v) is 11.1. The molecule has 2 aromatic carbocycles. The smallest absolute Gasteiger partial charge is 0.267 e. The minimum Gasteiger partial charge on any atom is -0.267 e. The van der Waals surface area contributed by atoms with E-state index in [4.69, 9.17) is 0 Å². The molecule has 0 heterocycles. The number of amides is 1. The molecule has 3 nitrogen and oxygen atoms in total. The van der Waals surface area contributed by atoms with E-state index in [0.717, 1.165) is 30.5 Å². The first-order chi connectivity index (χ1) is 10.4. The van der Waals surface area contributed by atoms with Crippen molar-refractivity contribution >= 4 is 12.1 Å². The molecule has 0 aromatic heterocycles. The monoisotopic (exact) mass is 310 g/mol. The van der Waals surface area contributed by atoms with E-state index in [1.54, 1.807) is 0 Å². The third kappa shape index (κ3) is 4.15. The normalized spacial score (nSPS) is 11.6. The molecule has 2 aromatic rings. The second-order valence-corrected chi connectivity index (χ2v) is 4.33. The van der Waals surface area contributed by atoms with Gasteiger partial charge in [-0.15, -0.1) is 0 Å². The number of nitrogens with zero attached hydrogens (tertiary/aromatic N) is 1. The SMILES string of the molecule is O=C(N/N=C\c1cccc(C(F)(F)F)c1)c1ccc(F)cc1. The average molecular weight is 310 g/mol. The van der Waals surface area contributed by atoms with Gasteiger partial charge in [0.1, 0.15) is 5.82 Å². The molecule has 114 valence electrons. The summed E-state index contributed by atoms with van der Waals surface area (Å²) in [5.74, 6) is -1.08. The number of halogens is 4. The van der Waals surface area contributed by atoms with Crippen molar-refractivity contribution in [1.29, 1.82) is 0 Å². The molecular formula is C15H10F4N2O. The van der Waals surface area contributed by atoms with Crippen molar-refractivity contribution in [3.05, 3.63) is 71.0 Å². The number of hydrazone groups is 1. The third-order valence-corrected chi connectivity index (χ3v) is 2.70. The minimum absolute atomic E-state index is 0.183. The Morgan fingerprint density at radius 1 is 1.09 bits per heavy atom. The van der Waals surface area contributed by atoms with Crippen LogP contribution in [0.4, 0.5) is 17.6 Å². The summed E-state index contributed by atoms with van der Waals surface area (Å²) in [5.41, 5.74) is 1.72. The van der Waals surface area contributed by atoms with Gasteiger partial charge in [-0.1, -0.05) is 12.1 Å². The number of carbonyl (C=O) groups excluding carboxylic acids is 1. The highest BCUT2D eigenvalue weighted by Crippen LogP contribution is 2.29. The summed E-state index contributed by atoms with van der Waals surface area (Å²) in [4.78, 5) is 11.6. The summed E-state index contributed by atoms with van der Waals surface area (Å²) in [5, 5.41) is 3.58. The molecule has 1 amide bonds. The molecule has 1 N–H and O–H groups in total. The van der Waals surface area contributed by atoms with Crippen LogP contribution in [0.3, 0.4) is 0 Å². The zero-order valence-electron chi connectivity index (χ0n) is 11.1. The maximum Gasteiger partial charge on any atom is 0.416 e. The fraction of sp³-hybridized carbons (Fsp3) is 0.0667. The molecule has 0 saturated carbocycles. The lowest BCUT2D eigenvalue weighted by Crippen LogP contribution is -2.17. The Kier molecular flexibility index (Phi) is 4.55. The summed E-state index contributed by atoms with van der Waals surface area (Å²) in [6.45, 7) is 0. The van der Waals surface area contributed by atoms with E-state index in [-0.39, 0.29) is 11.1 Å². The first-order valence-electron chi connectivity index (χ1n) is 6.12. The van der Waals surface area contributed by atoms with Crippen LogP contribution in [-0.2, 0) is 6.18 Å². The van der Waals surface area contributed by atoms with Crippen LogP contribution in [0.15, 0.2) is 53.6 Å². The van der Waals surface area contributed by atoms with Crippen molar-refractivity contribution in [3.63, 3.8) is 0 Å². The average Bonchev–Trinajstić information content (AvgIpc) is 2.47. The van der Waals surface area contributed by atoms with Gasteiger partial charge in [0.15, 0.2) is 0 Å². The fourth-order valence-electron chi connectivity index (χ4n) is 1.63. The van der Waals surface area contributed by atoms with Gasteiger partial charge < -0.3 is 0 Å². The molecule has 0 bridgehead atoms. The maximum atomic E-state index is 12.7. The van der Waals surface area contributed by atoms with Gasteiger partial charge in [-0.25, -0.2) is 9.82 Å². The number of carbonyl (C=O) groups is 1. The molecule has 22 heavy (non-hydrogen) atoms. The standard InChI is InChI=1S/C15H10F4N2O/c16-13-6-4-11(5-7-13)14(22)21-20-9-10-2-1-3-12(8-10)15(17,18)19/h1-9H,(H,21,22)/b20-9-. The number of nitrogens with one attached hydrogen (secondary N) is 1. The largest absolute Gasteiger partial charge is 0.416 e. The fourth-order valence-corrected chi connectivity index (χ4v) is 1.63. The molecule has 7 heteroatoms. The maximum absolute atomic E-state index is 12.7. The first-order valence-corrected chi connectivity index (χ1v) is 6.12. The van der Waals surface area contributed by atoms with Crippen molar-refractivity contribution < 1.29 is 22.4 Å². The van der Waals surface area contributed by atoms with Crippen LogP contribution in [0.2, 0.25) is 0 Å². The summed E-state index contributed by atoms with van der Waals surface area (Å²) in [6, 6.07) is 9.28. The minimum atomic E-state index is -4.44. The van der Waals surface area contributed by atoms with Crippen molar-refractivity contribution in [2.24, 2.45) is 5.10 Å². The molecule has 0 aliphatic heterocycles. The molecule has 0 fully saturated rings. The van der Waals surface area contributed by atoms with Crippen LogP contribution in [-0.4, -0.2) is 12.1 Å². The lowest BCUT2D eigenvalue weighted by Gasteiger charge is -2.06. The van der Waals surface area contributed by atoms with Crippen molar-refractivity contribution in [2.45, 2.75) is 6.18 Å². The van der Waals surface area contributed by atoms with Gasteiger partial charge in [-0.2, -0.15) is 18.3 Å². The highest BCUT2D eigenvalue weighted by atomic mass is 19.4. The van der Waals surface area contributed by atoms with Gasteiger partial charge in [0.05, 0.1) is 11.8 Å². The van der Waals surface area contributed by atoms with Crippen molar-refractivity contribution in [3.8, 4) is 0 Å². The molecule has 0 aliphatic carbocycles. The van der Waals surface area contributed by atoms with E-state index >= 15 is 0 Å². The lowest BCUT2D eigenvalue weighted by molar-refractivity contribution is -0.137. The van der Waals surface area contributed by atoms with Gasteiger partial charge in [0, 0.05) is 5.56 Å². The van der Waals surface area contributed by atoms with E-state index in [0.29, 0.717) is 0 Å². The molecule has 0 saturated heterocycles. The van der Waals surface area contributed by atoms with Crippen LogP contribution in [0.1, 0.15) is 21.5 Å². The second-order valence-electron chi connectivity index (χ2n) is 4.33. The van der Waals surface area contributed by atoms with E-state index in [1.165, 1.54) is 24.3 Å². The molecule has 0 atom stereocenters. The first kappa shape index (κ1) is 15.7. The number of alkyl halides is 3. The van der Waals surface area contributed by atoms with Gasteiger partial charge >= 0.3 is 6.18 Å². The number of hydrogen-bond donors (Lipinski definition) is 1. The number of benzene rings is 2. The zero-order chi connectivity index (χ0) is 16.2. The summed E-state index contributed by atoms with van der Waals surface area (Å²) < 4.78 is 50.3. The van der Waals surface area contributed by atoms with Crippen LogP contribution in [0, 0.1) is 5.82 Å². The van der Waals surface area contributed by atoms with Gasteiger partial charge in [0.2, 0.25) is 0 Å². The number of hydrogen-bond acceptors (Lipinski definition) is 2. The van der Waals surface area contributed by atoms with Gasteiger partial charge in [0.25, 0.3) is 5.91 Å². The predicted octanol–water partition coefficient (Wildman–Crippen LogP) is 3.61. The Bertz CT molecular complexity index is 693. The predicted molar refractivity (Wildman–Crippen MR) is 72.9 cm³/mol. The van der Waals surface area contributed by atoms with E-state index in [9.17, 15) is 22.4 Å². The van der Waals surface area contributed by atoms with Crippen molar-refractivity contribution in [2.75, 3.05) is 0 Å². The molecule has 0 spiro atoms. The Morgan fingerprint density at radius 3 is 2.41 bits per heavy atom. The Hall–Kier alpha value is -2.70. The number of rotatable bonds is 3. The summed E-state index contributed by atoms with van der Waals surface area (Å²) in [7, 11) is 0. The van der Waals surface area contributed by atoms with Crippen LogP contribution < -0.4 is 5.43 Å². The topological polar surface area (TPSA) is 41.5 Å². The van der Waals surface area contributed by atoms with Crippen LogP contribution in [0.25, 0.3) is 0 Å². The molecule has 0 radical (unpaired) electrons. The molecule has 0 aliphatic rings. The van der Waals surface area contributed by atoms with Gasteiger partial charge in [-0.3, -0.25) is 4.79 Å². The highest BCUT2D eigenvalue weighted by Gasteiger charge is 2.30. The van der Waals surface area contributed by atoms with E-state index in [2.05, 4.69) is 10.5 Å². The van der Waals surface area contributed by atoms with Crippen LogP contribution >= 0.6 is 0 Å². The molecule has 2 rings (SSSR count). The Morgan fingerprint density at radius 2 is 1.77 bits per heavy atom. The lowest BCUT2D eigenvalue weighted by atomic mass is 10.1. The Balaban J connectivity index is 2.03. The van der Waals surface area contributed by atoms with Crippen molar-refractivity contribution in [1.82, 2.24) is 5.43 Å². The Labute approximate surface area is 123 Å².